The Hall–Kier alpha value is -1.30. The lowest BCUT2D eigenvalue weighted by atomic mass is 9.54. The van der Waals surface area contributed by atoms with Gasteiger partial charge in [-0.25, -0.2) is 0 Å². The highest BCUT2D eigenvalue weighted by Gasteiger charge is 2.45. The Labute approximate surface area is 179 Å². The lowest BCUT2D eigenvalue weighted by molar-refractivity contribution is 0.0483. The second-order valence-electron chi connectivity index (χ2n) is 10.3. The third-order valence-electron chi connectivity index (χ3n) is 8.84. The minimum Gasteiger partial charge on any atom is -0.0768 e. The van der Waals surface area contributed by atoms with Crippen molar-refractivity contribution >= 4 is 5.57 Å². The quantitative estimate of drug-likeness (QED) is 0.455. The van der Waals surface area contributed by atoms with Crippen molar-refractivity contribution in [2.75, 3.05) is 0 Å². The van der Waals surface area contributed by atoms with Crippen molar-refractivity contribution in [3.8, 4) is 0 Å². The smallest absolute Gasteiger partial charge is 0.00237 e. The van der Waals surface area contributed by atoms with Crippen LogP contribution in [-0.4, -0.2) is 0 Å². The first-order valence-corrected chi connectivity index (χ1v) is 12.7. The average Bonchev–Trinajstić information content (AvgIpc) is 2.80. The monoisotopic (exact) mass is 390 g/mol. The van der Waals surface area contributed by atoms with Gasteiger partial charge in [-0.05, 0) is 72.3 Å². The zero-order valence-corrected chi connectivity index (χ0v) is 18.9. The molecule has 2 saturated carbocycles. The van der Waals surface area contributed by atoms with E-state index in [0.717, 1.165) is 23.7 Å². The molecule has 0 saturated heterocycles. The van der Waals surface area contributed by atoms with Crippen molar-refractivity contribution in [3.63, 3.8) is 0 Å². The van der Waals surface area contributed by atoms with Gasteiger partial charge in [-0.2, -0.15) is 0 Å². The molecule has 3 aliphatic carbocycles. The highest BCUT2D eigenvalue weighted by molar-refractivity contribution is 5.75. The number of allylic oxidation sites excluding steroid dienone is 4. The zero-order valence-electron chi connectivity index (χ0n) is 18.9. The van der Waals surface area contributed by atoms with Gasteiger partial charge in [-0.15, -0.1) is 0 Å². The molecular weight excluding hydrogens is 348 g/mol. The van der Waals surface area contributed by atoms with E-state index >= 15 is 0 Å². The lowest BCUT2D eigenvalue weighted by Crippen LogP contribution is -2.41. The summed E-state index contributed by atoms with van der Waals surface area (Å²) >= 11 is 0. The molecule has 0 nitrogen and oxygen atoms in total. The average molecular weight is 391 g/mol. The fourth-order valence-corrected chi connectivity index (χ4v) is 6.96. The van der Waals surface area contributed by atoms with E-state index in [9.17, 15) is 0 Å². The molecule has 1 aromatic rings. The summed E-state index contributed by atoms with van der Waals surface area (Å²) in [6.45, 7) is 4.75. The van der Waals surface area contributed by atoms with E-state index in [-0.39, 0.29) is 0 Å². The van der Waals surface area contributed by atoms with E-state index < -0.39 is 0 Å². The van der Waals surface area contributed by atoms with Crippen LogP contribution in [0.5, 0.6) is 0 Å². The van der Waals surface area contributed by atoms with Crippen molar-refractivity contribution in [1.29, 1.82) is 0 Å². The molecule has 1 atom stereocenters. The Bertz CT molecular complexity index is 680. The molecule has 29 heavy (non-hydrogen) atoms. The highest BCUT2D eigenvalue weighted by Crippen LogP contribution is 2.55. The first-order valence-electron chi connectivity index (χ1n) is 12.7. The third-order valence-corrected chi connectivity index (χ3v) is 8.84. The van der Waals surface area contributed by atoms with E-state index in [2.05, 4.69) is 62.4 Å². The molecule has 0 bridgehead atoms. The number of benzene rings is 1. The molecule has 0 amide bonds. The van der Waals surface area contributed by atoms with Crippen LogP contribution in [-0.2, 0) is 0 Å². The van der Waals surface area contributed by atoms with Crippen LogP contribution in [0.1, 0.15) is 96.5 Å². The van der Waals surface area contributed by atoms with Gasteiger partial charge in [0.05, 0.1) is 0 Å². The van der Waals surface area contributed by atoms with Gasteiger partial charge in [0.2, 0.25) is 0 Å². The minimum absolute atomic E-state index is 0.439. The van der Waals surface area contributed by atoms with Crippen LogP contribution in [0, 0.1) is 29.1 Å². The van der Waals surface area contributed by atoms with Gasteiger partial charge in [0.1, 0.15) is 0 Å². The van der Waals surface area contributed by atoms with Crippen LogP contribution in [0.25, 0.3) is 5.57 Å². The van der Waals surface area contributed by atoms with Crippen LogP contribution in [0.4, 0.5) is 0 Å². The Morgan fingerprint density at radius 2 is 1.41 bits per heavy atom. The molecule has 0 aromatic heterocycles. The number of hydrogen-bond acceptors (Lipinski definition) is 0. The summed E-state index contributed by atoms with van der Waals surface area (Å²) in [5.41, 5.74) is 3.27. The van der Waals surface area contributed by atoms with Crippen LogP contribution >= 0.6 is 0 Å². The molecular formula is C29H42. The molecule has 1 unspecified atom stereocenters. The summed E-state index contributed by atoms with van der Waals surface area (Å²) in [7, 11) is 0. The summed E-state index contributed by atoms with van der Waals surface area (Å²) in [6.07, 6.45) is 25.1. The van der Waals surface area contributed by atoms with Crippen LogP contribution < -0.4 is 0 Å². The van der Waals surface area contributed by atoms with Crippen LogP contribution in [0.2, 0.25) is 0 Å². The van der Waals surface area contributed by atoms with Crippen molar-refractivity contribution in [1.82, 2.24) is 0 Å². The maximum atomic E-state index is 2.72. The van der Waals surface area contributed by atoms with E-state index in [1.807, 2.05) is 0 Å². The summed E-state index contributed by atoms with van der Waals surface area (Å²) in [4.78, 5) is 0. The molecule has 0 heterocycles. The van der Waals surface area contributed by atoms with Gasteiger partial charge in [0, 0.05) is 0 Å². The van der Waals surface area contributed by atoms with Gasteiger partial charge < -0.3 is 0 Å². The Morgan fingerprint density at radius 3 is 1.93 bits per heavy atom. The van der Waals surface area contributed by atoms with Gasteiger partial charge in [-0.3, -0.25) is 0 Å². The second kappa shape index (κ2) is 9.67. The van der Waals surface area contributed by atoms with Crippen molar-refractivity contribution in [2.45, 2.75) is 90.9 Å². The molecule has 0 aliphatic heterocycles. The minimum atomic E-state index is 0.439. The maximum absolute atomic E-state index is 2.72. The predicted molar refractivity (Wildman–Crippen MR) is 127 cm³/mol. The molecule has 0 heteroatoms. The fraction of sp³-hybridized carbons (Fsp3) is 0.655. The Morgan fingerprint density at radius 1 is 0.793 bits per heavy atom. The normalized spacial score (nSPS) is 35.3. The molecule has 3 aliphatic rings. The lowest BCUT2D eigenvalue weighted by Gasteiger charge is -2.50. The van der Waals surface area contributed by atoms with Gasteiger partial charge in [0.25, 0.3) is 0 Å². The number of hydrogen-bond donors (Lipinski definition) is 0. The molecule has 158 valence electrons. The summed E-state index contributed by atoms with van der Waals surface area (Å²) in [5, 5.41) is 0. The molecule has 0 radical (unpaired) electrons. The molecule has 2 fully saturated rings. The Balaban J connectivity index is 1.53. The maximum Gasteiger partial charge on any atom is -0.00237 e. The molecule has 1 aromatic carbocycles. The van der Waals surface area contributed by atoms with E-state index in [4.69, 9.17) is 0 Å². The number of rotatable bonds is 6. The molecule has 0 spiro atoms. The molecule has 0 N–H and O–H groups in total. The Kier molecular flexibility index (Phi) is 6.99. The highest BCUT2D eigenvalue weighted by atomic mass is 14.5. The van der Waals surface area contributed by atoms with Crippen LogP contribution in [0.3, 0.4) is 0 Å². The van der Waals surface area contributed by atoms with Gasteiger partial charge in [-0.1, -0.05) is 107 Å². The SMILES string of the molecule is CCCC1CCC(C2(C3CCC(CC)CC3)C=CC(c3ccccc3)=CC2)CC1. The summed E-state index contributed by atoms with van der Waals surface area (Å²) in [5.74, 6) is 3.81. The first kappa shape index (κ1) is 21.0. The first-order chi connectivity index (χ1) is 14.2. The summed E-state index contributed by atoms with van der Waals surface area (Å²) in [6, 6.07) is 11.0. The third kappa shape index (κ3) is 4.57. The fourth-order valence-electron chi connectivity index (χ4n) is 6.96. The van der Waals surface area contributed by atoms with E-state index in [1.165, 1.54) is 88.2 Å². The van der Waals surface area contributed by atoms with E-state index in [0.29, 0.717) is 5.41 Å². The zero-order chi connectivity index (χ0) is 20.1. The van der Waals surface area contributed by atoms with Crippen molar-refractivity contribution in [2.24, 2.45) is 29.1 Å². The standard InChI is InChI=1S/C29H42/c1-3-8-24-13-17-28(18-14-24)29(27-15-11-23(4-2)12-16-27)21-19-26(20-22-29)25-9-6-5-7-10-25/h5-7,9-10,19-21,23-24,27-28H,3-4,8,11-18,22H2,1-2H3. The van der Waals surface area contributed by atoms with Gasteiger partial charge >= 0.3 is 0 Å². The van der Waals surface area contributed by atoms with Crippen molar-refractivity contribution < 1.29 is 0 Å². The van der Waals surface area contributed by atoms with Gasteiger partial charge in [0.15, 0.2) is 0 Å². The molecule has 4 rings (SSSR count). The second-order valence-corrected chi connectivity index (χ2v) is 10.3. The van der Waals surface area contributed by atoms with Crippen LogP contribution in [0.15, 0.2) is 48.6 Å². The van der Waals surface area contributed by atoms with E-state index in [1.54, 1.807) is 0 Å². The topological polar surface area (TPSA) is 0 Å². The predicted octanol–water partition coefficient (Wildman–Crippen LogP) is 8.84. The largest absolute Gasteiger partial charge is 0.0768 e. The van der Waals surface area contributed by atoms with Crippen molar-refractivity contribution in [3.05, 3.63) is 54.1 Å². The summed E-state index contributed by atoms with van der Waals surface area (Å²) < 4.78 is 0.